The molecule has 0 saturated heterocycles. The molecule has 0 amide bonds. The maximum atomic E-state index is 11.9. The Balaban J connectivity index is 1.66. The van der Waals surface area contributed by atoms with Crippen LogP contribution in [0.2, 0.25) is 0 Å². The van der Waals surface area contributed by atoms with Crippen molar-refractivity contribution < 1.29 is 13.9 Å². The zero-order chi connectivity index (χ0) is 18.8. The third kappa shape index (κ3) is 3.50. The first-order valence-electron chi connectivity index (χ1n) is 9.32. The Kier molecular flexibility index (Phi) is 4.75. The van der Waals surface area contributed by atoms with Crippen LogP contribution in [0, 0.1) is 6.92 Å². The summed E-state index contributed by atoms with van der Waals surface area (Å²) in [5, 5.41) is 0.940. The monoisotopic (exact) mass is 365 g/mol. The summed E-state index contributed by atoms with van der Waals surface area (Å²) < 4.78 is 17.3. The van der Waals surface area contributed by atoms with Crippen LogP contribution in [0.1, 0.15) is 30.9 Å². The summed E-state index contributed by atoms with van der Waals surface area (Å²) in [6.07, 6.45) is 2.14. The second-order valence-corrected chi connectivity index (χ2v) is 6.84. The minimum absolute atomic E-state index is 0.336. The molecule has 0 unspecified atom stereocenters. The summed E-state index contributed by atoms with van der Waals surface area (Å²) in [5.41, 5.74) is 3.10. The van der Waals surface area contributed by atoms with E-state index in [-0.39, 0.29) is 5.63 Å². The van der Waals surface area contributed by atoms with E-state index in [1.54, 1.807) is 0 Å². The van der Waals surface area contributed by atoms with Crippen LogP contribution in [-0.4, -0.2) is 13.3 Å². The number of hydrogen-bond donors (Lipinski definition) is 0. The van der Waals surface area contributed by atoms with Crippen LogP contribution in [0.3, 0.4) is 0 Å². The molecule has 0 atom stereocenters. The number of rotatable bonds is 5. The Morgan fingerprint density at radius 2 is 2.07 bits per heavy atom. The molecule has 27 heavy (non-hydrogen) atoms. The lowest BCUT2D eigenvalue weighted by atomic mass is 10.0. The lowest BCUT2D eigenvalue weighted by molar-refractivity contribution is 0.288. The zero-order valence-corrected chi connectivity index (χ0v) is 15.7. The molecule has 3 aromatic rings. The van der Waals surface area contributed by atoms with E-state index in [9.17, 15) is 4.79 Å². The van der Waals surface area contributed by atoms with Gasteiger partial charge in [0.15, 0.2) is 6.73 Å². The van der Waals surface area contributed by atoms with Gasteiger partial charge in [0.05, 0.1) is 18.7 Å². The number of nitrogens with zero attached hydrogens (tertiary/aromatic N) is 1. The zero-order valence-electron chi connectivity index (χ0n) is 15.7. The van der Waals surface area contributed by atoms with Gasteiger partial charge in [-0.2, -0.15) is 0 Å². The quantitative estimate of drug-likeness (QED) is 0.487. The topological polar surface area (TPSA) is 51.9 Å². The van der Waals surface area contributed by atoms with Crippen LogP contribution < -0.4 is 20.0 Å². The first kappa shape index (κ1) is 17.5. The fraction of sp³-hybridized carbons (Fsp3) is 0.318. The van der Waals surface area contributed by atoms with Crippen LogP contribution in [-0.2, 0) is 6.54 Å². The first-order valence-corrected chi connectivity index (χ1v) is 9.32. The molecule has 0 N–H and O–H groups in total. The fourth-order valence-corrected chi connectivity index (χ4v) is 3.36. The Morgan fingerprint density at radius 3 is 2.93 bits per heavy atom. The Labute approximate surface area is 158 Å². The molecule has 5 nitrogen and oxygen atoms in total. The summed E-state index contributed by atoms with van der Waals surface area (Å²) in [6.45, 7) is 5.83. The van der Waals surface area contributed by atoms with E-state index in [4.69, 9.17) is 13.9 Å². The third-order valence-electron chi connectivity index (χ3n) is 4.85. The van der Waals surface area contributed by atoms with Crippen LogP contribution >= 0.6 is 0 Å². The summed E-state index contributed by atoms with van der Waals surface area (Å²) in [7, 11) is 0. The molecule has 140 valence electrons. The average molecular weight is 365 g/mol. The van der Waals surface area contributed by atoms with E-state index < -0.39 is 0 Å². The van der Waals surface area contributed by atoms with Crippen molar-refractivity contribution in [2.24, 2.45) is 0 Å². The molecular formula is C22H23NO4. The smallest absolute Gasteiger partial charge is 0.336 e. The maximum absolute atomic E-state index is 11.9. The standard InChI is InChI=1S/C22H23NO4/c1-3-4-10-25-17-7-5-6-16(12-17)23-13-19-20(26-14-23)9-8-18-15(2)11-21(24)27-22(18)19/h5-9,11-12H,3-4,10,13-14H2,1-2H3. The van der Waals surface area contributed by atoms with Crippen molar-refractivity contribution in [1.29, 1.82) is 0 Å². The van der Waals surface area contributed by atoms with Crippen molar-refractivity contribution in [3.8, 4) is 11.5 Å². The molecule has 0 radical (unpaired) electrons. The predicted octanol–water partition coefficient (Wildman–Crippen LogP) is 4.64. The van der Waals surface area contributed by atoms with Gasteiger partial charge in [-0.1, -0.05) is 19.4 Å². The number of benzene rings is 2. The van der Waals surface area contributed by atoms with Crippen LogP contribution in [0.25, 0.3) is 11.0 Å². The Bertz CT molecular complexity index is 1020. The number of anilines is 1. The lowest BCUT2D eigenvalue weighted by Crippen LogP contribution is -2.32. The third-order valence-corrected chi connectivity index (χ3v) is 4.85. The van der Waals surface area contributed by atoms with Crippen molar-refractivity contribution in [3.05, 3.63) is 64.0 Å². The minimum Gasteiger partial charge on any atom is -0.494 e. The molecule has 2 aromatic carbocycles. The highest BCUT2D eigenvalue weighted by atomic mass is 16.5. The molecule has 0 spiro atoms. The van der Waals surface area contributed by atoms with E-state index >= 15 is 0 Å². The van der Waals surface area contributed by atoms with Gasteiger partial charge < -0.3 is 18.8 Å². The summed E-state index contributed by atoms with van der Waals surface area (Å²) in [6, 6.07) is 13.4. The average Bonchev–Trinajstić information content (AvgIpc) is 2.68. The molecule has 0 aliphatic carbocycles. The summed E-state index contributed by atoms with van der Waals surface area (Å²) in [5.74, 6) is 1.62. The highest BCUT2D eigenvalue weighted by molar-refractivity contribution is 5.85. The number of fused-ring (bicyclic) bond motifs is 3. The van der Waals surface area contributed by atoms with E-state index in [0.29, 0.717) is 25.5 Å². The molecule has 0 fully saturated rings. The first-order chi connectivity index (χ1) is 13.2. The maximum Gasteiger partial charge on any atom is 0.336 e. The number of aryl methyl sites for hydroxylation is 1. The van der Waals surface area contributed by atoms with Gasteiger partial charge in [0.1, 0.15) is 17.1 Å². The van der Waals surface area contributed by atoms with Crippen molar-refractivity contribution in [2.45, 2.75) is 33.2 Å². The summed E-state index contributed by atoms with van der Waals surface area (Å²) in [4.78, 5) is 14.0. The fourth-order valence-electron chi connectivity index (χ4n) is 3.36. The molecule has 5 heteroatoms. The van der Waals surface area contributed by atoms with E-state index in [2.05, 4.69) is 11.8 Å². The van der Waals surface area contributed by atoms with Crippen LogP contribution in [0.15, 0.2) is 51.7 Å². The highest BCUT2D eigenvalue weighted by Gasteiger charge is 2.22. The van der Waals surface area contributed by atoms with E-state index in [0.717, 1.165) is 46.5 Å². The van der Waals surface area contributed by atoms with Gasteiger partial charge in [-0.05, 0) is 43.2 Å². The molecule has 4 rings (SSSR count). The van der Waals surface area contributed by atoms with Gasteiger partial charge in [0.2, 0.25) is 0 Å². The second-order valence-electron chi connectivity index (χ2n) is 6.84. The predicted molar refractivity (Wildman–Crippen MR) is 106 cm³/mol. The number of hydrogen-bond acceptors (Lipinski definition) is 5. The second kappa shape index (κ2) is 7.35. The van der Waals surface area contributed by atoms with Gasteiger partial charge in [0.25, 0.3) is 0 Å². The van der Waals surface area contributed by atoms with E-state index in [1.807, 2.05) is 43.3 Å². The molecule has 1 aromatic heterocycles. The molecule has 0 saturated carbocycles. The van der Waals surface area contributed by atoms with Crippen molar-refractivity contribution in [3.63, 3.8) is 0 Å². The SMILES string of the molecule is CCCCOc1cccc(N2COc3ccc4c(C)cc(=O)oc4c3C2)c1. The van der Waals surface area contributed by atoms with Crippen LogP contribution in [0.5, 0.6) is 11.5 Å². The van der Waals surface area contributed by atoms with Gasteiger partial charge >= 0.3 is 5.63 Å². The molecule has 2 heterocycles. The number of ether oxygens (including phenoxy) is 2. The van der Waals surface area contributed by atoms with Gasteiger partial charge in [0, 0.05) is 23.2 Å². The van der Waals surface area contributed by atoms with Gasteiger partial charge in [-0.15, -0.1) is 0 Å². The van der Waals surface area contributed by atoms with Crippen LogP contribution in [0.4, 0.5) is 5.69 Å². The van der Waals surface area contributed by atoms with Gasteiger partial charge in [-0.25, -0.2) is 4.79 Å². The molecule has 1 aliphatic heterocycles. The number of unbranched alkanes of at least 4 members (excludes halogenated alkanes) is 1. The van der Waals surface area contributed by atoms with Crippen molar-refractivity contribution >= 4 is 16.7 Å². The van der Waals surface area contributed by atoms with Gasteiger partial charge in [-0.3, -0.25) is 0 Å². The lowest BCUT2D eigenvalue weighted by Gasteiger charge is -2.31. The Morgan fingerprint density at radius 1 is 1.19 bits per heavy atom. The highest BCUT2D eigenvalue weighted by Crippen LogP contribution is 2.35. The van der Waals surface area contributed by atoms with Crippen molar-refractivity contribution in [2.75, 3.05) is 18.2 Å². The molecule has 1 aliphatic rings. The summed E-state index contributed by atoms with van der Waals surface area (Å²) >= 11 is 0. The van der Waals surface area contributed by atoms with Crippen molar-refractivity contribution in [1.82, 2.24) is 0 Å². The van der Waals surface area contributed by atoms with E-state index in [1.165, 1.54) is 6.07 Å². The minimum atomic E-state index is -0.336. The normalized spacial score (nSPS) is 13.3. The molecule has 0 bridgehead atoms. The Hall–Kier alpha value is -2.95. The molecular weight excluding hydrogens is 342 g/mol. The largest absolute Gasteiger partial charge is 0.494 e.